The van der Waals surface area contributed by atoms with Gasteiger partial charge < -0.3 is 9.88 Å². The predicted octanol–water partition coefficient (Wildman–Crippen LogP) is 3.54. The van der Waals surface area contributed by atoms with Gasteiger partial charge in [0, 0.05) is 17.5 Å². The highest BCUT2D eigenvalue weighted by Crippen LogP contribution is 2.20. The van der Waals surface area contributed by atoms with Crippen molar-refractivity contribution in [3.8, 4) is 0 Å². The molecule has 0 spiro atoms. The number of fused-ring (bicyclic) bond motifs is 1. The summed E-state index contributed by atoms with van der Waals surface area (Å²) >= 11 is 1.73. The second kappa shape index (κ2) is 6.37. The molecule has 3 aromatic rings. The lowest BCUT2D eigenvalue weighted by Gasteiger charge is -2.13. The largest absolute Gasteiger partial charge is 0.331 e. The highest BCUT2D eigenvalue weighted by Gasteiger charge is 2.09. The number of hydrogen-bond donors (Lipinski definition) is 1. The number of imidazole rings is 1. The average Bonchev–Trinajstić information content (AvgIpc) is 3.10. The normalized spacial score (nSPS) is 12.9. The van der Waals surface area contributed by atoms with Crippen molar-refractivity contribution in [2.75, 3.05) is 6.54 Å². The first-order valence-corrected chi connectivity index (χ1v) is 8.17. The highest BCUT2D eigenvalue weighted by molar-refractivity contribution is 7.09. The fourth-order valence-electron chi connectivity index (χ4n) is 2.58. The summed E-state index contributed by atoms with van der Waals surface area (Å²) in [7, 11) is 0. The molecule has 0 aliphatic rings. The van der Waals surface area contributed by atoms with E-state index in [1.54, 1.807) is 11.3 Å². The molecule has 21 heavy (non-hydrogen) atoms. The van der Waals surface area contributed by atoms with Crippen molar-refractivity contribution < 1.29 is 0 Å². The van der Waals surface area contributed by atoms with E-state index in [0.717, 1.165) is 30.7 Å². The van der Waals surface area contributed by atoms with Gasteiger partial charge in [-0.1, -0.05) is 12.1 Å². The Morgan fingerprint density at radius 2 is 2.14 bits per heavy atom. The molecule has 0 aliphatic carbocycles. The number of nitrogens with one attached hydrogen (secondary N) is 1. The average molecular weight is 300 g/mol. The fraction of sp³-hybridized carbons (Fsp3) is 0.375. The zero-order chi connectivity index (χ0) is 14.7. The smallest absolute Gasteiger partial charge is 0.0958 e. The summed E-state index contributed by atoms with van der Waals surface area (Å²) in [4.78, 5) is 10.1. The Balaban J connectivity index is 1.51. The van der Waals surface area contributed by atoms with Crippen LogP contribution in [0, 0.1) is 6.92 Å². The molecule has 2 heterocycles. The number of thiazole rings is 1. The van der Waals surface area contributed by atoms with Gasteiger partial charge in [0.1, 0.15) is 0 Å². The van der Waals surface area contributed by atoms with Gasteiger partial charge in [-0.05, 0) is 38.9 Å². The van der Waals surface area contributed by atoms with Crippen molar-refractivity contribution in [3.63, 3.8) is 0 Å². The van der Waals surface area contributed by atoms with Crippen molar-refractivity contribution in [2.45, 2.75) is 32.9 Å². The van der Waals surface area contributed by atoms with Crippen LogP contribution < -0.4 is 5.32 Å². The summed E-state index contributed by atoms with van der Waals surface area (Å²) in [5.41, 5.74) is 5.34. The topological polar surface area (TPSA) is 42.7 Å². The second-order valence-electron chi connectivity index (χ2n) is 5.26. The van der Waals surface area contributed by atoms with Gasteiger partial charge >= 0.3 is 0 Å². The van der Waals surface area contributed by atoms with Crippen LogP contribution in [0.15, 0.2) is 36.1 Å². The number of rotatable bonds is 6. The summed E-state index contributed by atoms with van der Waals surface area (Å²) in [6.07, 6.45) is 3.02. The van der Waals surface area contributed by atoms with E-state index in [0.29, 0.717) is 6.04 Å². The van der Waals surface area contributed by atoms with Crippen molar-refractivity contribution in [1.82, 2.24) is 19.9 Å². The van der Waals surface area contributed by atoms with E-state index < -0.39 is 0 Å². The second-order valence-corrected chi connectivity index (χ2v) is 6.14. The first kappa shape index (κ1) is 14.2. The first-order chi connectivity index (χ1) is 10.3. The van der Waals surface area contributed by atoms with Gasteiger partial charge in [-0.25, -0.2) is 9.97 Å². The van der Waals surface area contributed by atoms with Crippen LogP contribution in [0.3, 0.4) is 0 Å². The molecule has 0 saturated heterocycles. The molecule has 1 aromatic carbocycles. The molecule has 0 fully saturated rings. The lowest BCUT2D eigenvalue weighted by atomic mass is 10.2. The number of benzene rings is 1. The molecule has 0 bridgehead atoms. The molecular weight excluding hydrogens is 280 g/mol. The minimum atomic E-state index is 0.372. The van der Waals surface area contributed by atoms with E-state index in [-0.39, 0.29) is 0 Å². The zero-order valence-corrected chi connectivity index (χ0v) is 13.2. The third kappa shape index (κ3) is 3.14. The van der Waals surface area contributed by atoms with Gasteiger partial charge in [-0.3, -0.25) is 0 Å². The Labute approximate surface area is 128 Å². The van der Waals surface area contributed by atoms with Gasteiger partial charge in [-0.2, -0.15) is 0 Å². The van der Waals surface area contributed by atoms with Gasteiger partial charge in [0.25, 0.3) is 0 Å². The summed E-state index contributed by atoms with van der Waals surface area (Å²) in [5, 5.41) is 3.57. The van der Waals surface area contributed by atoms with Crippen LogP contribution >= 0.6 is 11.3 Å². The molecule has 0 aliphatic heterocycles. The molecule has 4 nitrogen and oxygen atoms in total. The first-order valence-electron chi connectivity index (χ1n) is 7.29. The Morgan fingerprint density at radius 3 is 2.95 bits per heavy atom. The Hall–Kier alpha value is -1.72. The van der Waals surface area contributed by atoms with E-state index >= 15 is 0 Å². The maximum Gasteiger partial charge on any atom is 0.0958 e. The molecular formula is C16H20N4S. The highest BCUT2D eigenvalue weighted by atomic mass is 32.1. The molecule has 3 rings (SSSR count). The quantitative estimate of drug-likeness (QED) is 0.708. The summed E-state index contributed by atoms with van der Waals surface area (Å²) in [6, 6.07) is 8.64. The van der Waals surface area contributed by atoms with Crippen molar-refractivity contribution in [3.05, 3.63) is 46.7 Å². The monoisotopic (exact) mass is 300 g/mol. The maximum atomic E-state index is 4.42. The summed E-state index contributed by atoms with van der Waals surface area (Å²) in [6.45, 7) is 6.25. The molecule has 110 valence electrons. The summed E-state index contributed by atoms with van der Waals surface area (Å²) < 4.78 is 2.22. The number of aromatic nitrogens is 3. The van der Waals surface area contributed by atoms with E-state index in [2.05, 4.69) is 51.9 Å². The number of para-hydroxylation sites is 2. The van der Waals surface area contributed by atoms with E-state index in [1.807, 2.05) is 17.9 Å². The van der Waals surface area contributed by atoms with Crippen LogP contribution in [-0.2, 0) is 6.54 Å². The molecule has 0 saturated carbocycles. The van der Waals surface area contributed by atoms with Gasteiger partial charge in [0.05, 0.1) is 28.6 Å². The SMILES string of the molecule is Cc1ncsc1C(C)NCCCn1cnc2ccccc21. The lowest BCUT2D eigenvalue weighted by Crippen LogP contribution is -2.20. The third-order valence-corrected chi connectivity index (χ3v) is 4.84. The standard InChI is InChI=1S/C16H20N4S/c1-12(16-13(2)19-11-21-16)17-8-5-9-20-10-18-14-6-3-4-7-15(14)20/h3-4,6-7,10-12,17H,5,8-9H2,1-2H3. The van der Waals surface area contributed by atoms with Crippen molar-refractivity contribution in [2.24, 2.45) is 0 Å². The Bertz CT molecular complexity index is 716. The van der Waals surface area contributed by atoms with Crippen LogP contribution in [0.5, 0.6) is 0 Å². The fourth-order valence-corrected chi connectivity index (χ4v) is 3.41. The lowest BCUT2D eigenvalue weighted by molar-refractivity contribution is 0.533. The van der Waals surface area contributed by atoms with Crippen LogP contribution in [0.4, 0.5) is 0 Å². The van der Waals surface area contributed by atoms with Crippen LogP contribution in [0.2, 0.25) is 0 Å². The predicted molar refractivity (Wildman–Crippen MR) is 87.6 cm³/mol. The molecule has 1 atom stereocenters. The molecule has 2 aromatic heterocycles. The minimum absolute atomic E-state index is 0.372. The van der Waals surface area contributed by atoms with Gasteiger partial charge in [0.2, 0.25) is 0 Å². The number of aryl methyl sites for hydroxylation is 2. The Kier molecular flexibility index (Phi) is 4.31. The molecule has 0 amide bonds. The van der Waals surface area contributed by atoms with Crippen LogP contribution in [0.1, 0.15) is 30.0 Å². The minimum Gasteiger partial charge on any atom is -0.331 e. The zero-order valence-electron chi connectivity index (χ0n) is 12.4. The molecule has 1 N–H and O–H groups in total. The van der Waals surface area contributed by atoms with E-state index in [4.69, 9.17) is 0 Å². The number of nitrogens with zero attached hydrogens (tertiary/aromatic N) is 3. The third-order valence-electron chi connectivity index (χ3n) is 3.73. The van der Waals surface area contributed by atoms with Crippen molar-refractivity contribution >= 4 is 22.4 Å². The van der Waals surface area contributed by atoms with Gasteiger partial charge in [0.15, 0.2) is 0 Å². The number of hydrogen-bond acceptors (Lipinski definition) is 4. The van der Waals surface area contributed by atoms with Crippen LogP contribution in [0.25, 0.3) is 11.0 Å². The molecule has 1 unspecified atom stereocenters. The molecule has 0 radical (unpaired) electrons. The molecule has 5 heteroatoms. The summed E-state index contributed by atoms with van der Waals surface area (Å²) in [5.74, 6) is 0. The van der Waals surface area contributed by atoms with E-state index in [1.165, 1.54) is 10.4 Å². The Morgan fingerprint density at radius 1 is 1.29 bits per heavy atom. The van der Waals surface area contributed by atoms with Crippen molar-refractivity contribution in [1.29, 1.82) is 0 Å². The van der Waals surface area contributed by atoms with Crippen LogP contribution in [-0.4, -0.2) is 21.1 Å². The van der Waals surface area contributed by atoms with E-state index in [9.17, 15) is 0 Å². The maximum absolute atomic E-state index is 4.42. The van der Waals surface area contributed by atoms with Gasteiger partial charge in [-0.15, -0.1) is 11.3 Å².